The van der Waals surface area contributed by atoms with E-state index in [0.29, 0.717) is 6.04 Å². The van der Waals surface area contributed by atoms with Crippen molar-refractivity contribution in [3.8, 4) is 0 Å². The smallest absolute Gasteiger partial charge is 0.101 e. The Morgan fingerprint density at radius 1 is 1.19 bits per heavy atom. The third kappa shape index (κ3) is 2.15. The van der Waals surface area contributed by atoms with Gasteiger partial charge in [-0.05, 0) is 37.9 Å². The fraction of sp³-hybridized carbons (Fsp3) is 0.412. The van der Waals surface area contributed by atoms with Gasteiger partial charge < -0.3 is 9.47 Å². The zero-order chi connectivity index (χ0) is 14.4. The van der Waals surface area contributed by atoms with Crippen LogP contribution in [0.4, 0.5) is 5.69 Å². The molecule has 1 fully saturated rings. The molecule has 2 aromatic rings. The number of para-hydroxylation sites is 1. The van der Waals surface area contributed by atoms with Crippen LogP contribution >= 0.6 is 0 Å². The quantitative estimate of drug-likeness (QED) is 0.845. The number of benzene rings is 1. The number of hydroxylamine groups is 1. The minimum atomic E-state index is 0.250. The van der Waals surface area contributed by atoms with E-state index in [4.69, 9.17) is 4.84 Å². The summed E-state index contributed by atoms with van der Waals surface area (Å²) >= 11 is 0. The van der Waals surface area contributed by atoms with Crippen LogP contribution in [-0.4, -0.2) is 36.2 Å². The molecule has 110 valence electrons. The average molecular weight is 283 g/mol. The number of anilines is 1. The predicted molar refractivity (Wildman–Crippen MR) is 83.2 cm³/mol. The van der Waals surface area contributed by atoms with Crippen molar-refractivity contribution in [1.82, 2.24) is 9.47 Å². The Kier molecular flexibility index (Phi) is 3.01. The predicted octanol–water partition coefficient (Wildman–Crippen LogP) is 2.66. The van der Waals surface area contributed by atoms with Gasteiger partial charge in [0.15, 0.2) is 0 Å². The molecule has 21 heavy (non-hydrogen) atoms. The second-order valence-corrected chi connectivity index (χ2v) is 6.26. The largest absolute Gasteiger partial charge is 0.345 e. The standard InChI is InChI=1S/C17H21N3O/c1-18(2)12-14-10-17-16-8-5-9-19(16)11-13-6-3-4-7-15(13)20(17)21-14/h3-9,14,17H,10-12H2,1-2H3. The Hall–Kier alpha value is -1.78. The highest BCUT2D eigenvalue weighted by Crippen LogP contribution is 2.42. The SMILES string of the molecule is CN(C)CC1CC2c3cccn3Cc3ccccc3N2O1. The number of hydrogen-bond acceptors (Lipinski definition) is 3. The number of hydrogen-bond donors (Lipinski definition) is 0. The van der Waals surface area contributed by atoms with Gasteiger partial charge in [-0.3, -0.25) is 4.84 Å². The van der Waals surface area contributed by atoms with Crippen LogP contribution in [0.1, 0.15) is 23.7 Å². The Labute approximate surface area is 125 Å². The lowest BCUT2D eigenvalue weighted by atomic mass is 10.1. The van der Waals surface area contributed by atoms with E-state index in [-0.39, 0.29) is 6.10 Å². The summed E-state index contributed by atoms with van der Waals surface area (Å²) in [4.78, 5) is 8.48. The lowest BCUT2D eigenvalue weighted by Gasteiger charge is -2.24. The Morgan fingerprint density at radius 2 is 2.05 bits per heavy atom. The van der Waals surface area contributed by atoms with E-state index in [9.17, 15) is 0 Å². The highest BCUT2D eigenvalue weighted by atomic mass is 16.7. The van der Waals surface area contributed by atoms with Gasteiger partial charge in [-0.25, -0.2) is 5.06 Å². The molecule has 3 heterocycles. The van der Waals surface area contributed by atoms with Gasteiger partial charge in [0.1, 0.15) is 6.10 Å². The van der Waals surface area contributed by atoms with Crippen LogP contribution in [0.5, 0.6) is 0 Å². The Morgan fingerprint density at radius 3 is 2.90 bits per heavy atom. The zero-order valence-electron chi connectivity index (χ0n) is 12.6. The molecule has 4 rings (SSSR count). The number of aromatic nitrogens is 1. The Balaban J connectivity index is 1.76. The first-order chi connectivity index (χ1) is 10.2. The van der Waals surface area contributed by atoms with E-state index in [2.05, 4.69) is 71.2 Å². The molecule has 0 amide bonds. The molecule has 1 aromatic carbocycles. The monoisotopic (exact) mass is 283 g/mol. The van der Waals surface area contributed by atoms with Crippen molar-refractivity contribution in [2.24, 2.45) is 0 Å². The molecular weight excluding hydrogens is 262 g/mol. The lowest BCUT2D eigenvalue weighted by molar-refractivity contribution is 0.0649. The second kappa shape index (κ2) is 4.90. The first kappa shape index (κ1) is 12.9. The molecule has 0 N–H and O–H groups in total. The summed E-state index contributed by atoms with van der Waals surface area (Å²) in [5.41, 5.74) is 3.89. The fourth-order valence-electron chi connectivity index (χ4n) is 3.52. The van der Waals surface area contributed by atoms with Crippen LogP contribution in [0.3, 0.4) is 0 Å². The third-order valence-corrected chi connectivity index (χ3v) is 4.38. The minimum absolute atomic E-state index is 0.250. The number of fused-ring (bicyclic) bond motifs is 5. The van der Waals surface area contributed by atoms with Gasteiger partial charge in [-0.2, -0.15) is 0 Å². The van der Waals surface area contributed by atoms with E-state index < -0.39 is 0 Å². The molecule has 0 spiro atoms. The number of likely N-dealkylation sites (N-methyl/N-ethyl adjacent to an activating group) is 1. The van der Waals surface area contributed by atoms with Gasteiger partial charge in [0.2, 0.25) is 0 Å². The maximum Gasteiger partial charge on any atom is 0.101 e. The zero-order valence-corrected chi connectivity index (χ0v) is 12.6. The van der Waals surface area contributed by atoms with Crippen molar-refractivity contribution in [2.45, 2.75) is 25.1 Å². The maximum absolute atomic E-state index is 6.29. The molecule has 4 nitrogen and oxygen atoms in total. The van der Waals surface area contributed by atoms with E-state index in [0.717, 1.165) is 19.5 Å². The molecule has 2 aliphatic rings. The molecule has 2 atom stereocenters. The molecule has 1 aromatic heterocycles. The van der Waals surface area contributed by atoms with Gasteiger partial charge in [-0.15, -0.1) is 0 Å². The summed E-state index contributed by atoms with van der Waals surface area (Å²) in [7, 11) is 4.20. The lowest BCUT2D eigenvalue weighted by Crippen LogP contribution is -2.27. The normalized spacial score (nSPS) is 23.7. The second-order valence-electron chi connectivity index (χ2n) is 6.26. The summed E-state index contributed by atoms with van der Waals surface area (Å²) in [6.45, 7) is 1.88. The van der Waals surface area contributed by atoms with E-state index >= 15 is 0 Å². The van der Waals surface area contributed by atoms with Gasteiger partial charge in [0, 0.05) is 31.4 Å². The van der Waals surface area contributed by atoms with Crippen LogP contribution in [0.15, 0.2) is 42.6 Å². The van der Waals surface area contributed by atoms with Gasteiger partial charge in [0.25, 0.3) is 0 Å². The van der Waals surface area contributed by atoms with Crippen molar-refractivity contribution in [1.29, 1.82) is 0 Å². The van der Waals surface area contributed by atoms with Crippen LogP contribution in [-0.2, 0) is 11.4 Å². The first-order valence-corrected chi connectivity index (χ1v) is 7.56. The molecule has 0 radical (unpaired) electrons. The number of nitrogens with zero attached hydrogens (tertiary/aromatic N) is 3. The van der Waals surface area contributed by atoms with E-state index in [1.54, 1.807) is 0 Å². The molecule has 2 unspecified atom stereocenters. The number of rotatable bonds is 2. The first-order valence-electron chi connectivity index (χ1n) is 7.56. The minimum Gasteiger partial charge on any atom is -0.345 e. The molecule has 0 saturated carbocycles. The van der Waals surface area contributed by atoms with Crippen LogP contribution < -0.4 is 5.06 Å². The molecule has 1 saturated heterocycles. The highest BCUT2D eigenvalue weighted by molar-refractivity contribution is 5.55. The van der Waals surface area contributed by atoms with Crippen LogP contribution in [0.25, 0.3) is 0 Å². The molecule has 0 aliphatic carbocycles. The summed E-state index contributed by atoms with van der Waals surface area (Å²) in [6.07, 6.45) is 3.46. The average Bonchev–Trinajstić information content (AvgIpc) is 3.03. The highest BCUT2D eigenvalue weighted by Gasteiger charge is 2.38. The van der Waals surface area contributed by atoms with Crippen LogP contribution in [0.2, 0.25) is 0 Å². The van der Waals surface area contributed by atoms with Crippen molar-refractivity contribution < 1.29 is 4.84 Å². The van der Waals surface area contributed by atoms with Crippen molar-refractivity contribution in [3.05, 3.63) is 53.9 Å². The van der Waals surface area contributed by atoms with Crippen molar-refractivity contribution in [3.63, 3.8) is 0 Å². The summed E-state index contributed by atoms with van der Waals surface area (Å²) < 4.78 is 2.35. The van der Waals surface area contributed by atoms with Crippen molar-refractivity contribution in [2.75, 3.05) is 25.7 Å². The van der Waals surface area contributed by atoms with Gasteiger partial charge in [0.05, 0.1) is 11.7 Å². The Bertz CT molecular complexity index is 649. The summed E-state index contributed by atoms with van der Waals surface area (Å²) in [6, 6.07) is 13.3. The molecule has 2 aliphatic heterocycles. The van der Waals surface area contributed by atoms with E-state index in [1.807, 2.05) is 0 Å². The summed E-state index contributed by atoms with van der Waals surface area (Å²) in [5.74, 6) is 0. The van der Waals surface area contributed by atoms with Gasteiger partial charge in [-0.1, -0.05) is 18.2 Å². The van der Waals surface area contributed by atoms with E-state index in [1.165, 1.54) is 16.9 Å². The molecular formula is C17H21N3O. The van der Waals surface area contributed by atoms with Gasteiger partial charge >= 0.3 is 0 Å². The van der Waals surface area contributed by atoms with Crippen LogP contribution in [0, 0.1) is 0 Å². The third-order valence-electron chi connectivity index (χ3n) is 4.38. The maximum atomic E-state index is 6.29. The fourth-order valence-corrected chi connectivity index (χ4v) is 3.52. The van der Waals surface area contributed by atoms with Crippen molar-refractivity contribution >= 4 is 5.69 Å². The molecule has 4 heteroatoms. The summed E-state index contributed by atoms with van der Waals surface area (Å²) in [5, 5.41) is 2.14. The topological polar surface area (TPSA) is 20.6 Å². The molecule has 0 bridgehead atoms.